The normalized spacial score (nSPS) is 14.3. The average molecular weight is 632 g/mol. The van der Waals surface area contributed by atoms with Crippen LogP contribution >= 0.6 is 0 Å². The van der Waals surface area contributed by atoms with E-state index in [4.69, 9.17) is 0 Å². The number of phenols is 1. The van der Waals surface area contributed by atoms with Crippen LogP contribution in [0.3, 0.4) is 0 Å². The van der Waals surface area contributed by atoms with Crippen molar-refractivity contribution in [1.82, 2.24) is 4.90 Å². The van der Waals surface area contributed by atoms with Gasteiger partial charge in [-0.1, -0.05) is 31.0 Å². The van der Waals surface area contributed by atoms with Gasteiger partial charge in [0.25, 0.3) is 0 Å². The average Bonchev–Trinajstić information content (AvgIpc) is 3.14. The fraction of sp³-hybridized carbons (Fsp3) is 0.562. The van der Waals surface area contributed by atoms with Crippen molar-refractivity contribution in [2.24, 2.45) is 0 Å². The number of hydrogen-bond donors (Lipinski definition) is 2. The summed E-state index contributed by atoms with van der Waals surface area (Å²) in [6.07, 6.45) is 0.941. The van der Waals surface area contributed by atoms with Crippen molar-refractivity contribution in [2.45, 2.75) is 76.8 Å². The second kappa shape index (κ2) is 16.5. The quantitative estimate of drug-likeness (QED) is 0.141. The molecule has 2 aromatic rings. The Morgan fingerprint density at radius 3 is 2.19 bits per heavy atom. The molecular formula is C32H42F5NO4S. The van der Waals surface area contributed by atoms with E-state index in [0.29, 0.717) is 57.3 Å². The monoisotopic (exact) mass is 631 g/mol. The number of rotatable bonds is 17. The van der Waals surface area contributed by atoms with Gasteiger partial charge in [-0.3, -0.25) is 0 Å². The van der Waals surface area contributed by atoms with E-state index in [-0.39, 0.29) is 30.3 Å². The minimum atomic E-state index is -4.50. The molecule has 0 radical (unpaired) electrons. The molecule has 0 aliphatic heterocycles. The van der Waals surface area contributed by atoms with Crippen molar-refractivity contribution < 1.29 is 40.6 Å². The molecule has 0 saturated heterocycles. The van der Waals surface area contributed by atoms with E-state index in [1.54, 1.807) is 18.2 Å². The van der Waals surface area contributed by atoms with E-state index in [1.807, 2.05) is 4.90 Å². The van der Waals surface area contributed by atoms with Crippen LogP contribution in [0.1, 0.15) is 80.9 Å². The van der Waals surface area contributed by atoms with Gasteiger partial charge in [0.1, 0.15) is 5.82 Å². The molecule has 0 amide bonds. The van der Waals surface area contributed by atoms with E-state index in [1.165, 1.54) is 18.2 Å². The Labute approximate surface area is 251 Å². The van der Waals surface area contributed by atoms with E-state index < -0.39 is 34.0 Å². The summed E-state index contributed by atoms with van der Waals surface area (Å²) in [5.74, 6) is -2.49. The highest BCUT2D eigenvalue weighted by Crippen LogP contribution is 2.41. The first-order valence-electron chi connectivity index (χ1n) is 15.0. The minimum Gasteiger partial charge on any atom is -0.505 e. The number of allylic oxidation sites excluding steroid dienone is 2. The van der Waals surface area contributed by atoms with E-state index in [9.17, 15) is 40.6 Å². The number of sulfone groups is 1. The van der Waals surface area contributed by atoms with Gasteiger partial charge in [0.05, 0.1) is 17.9 Å². The Bertz CT molecular complexity index is 1310. The van der Waals surface area contributed by atoms with Gasteiger partial charge in [-0.15, -0.1) is 0 Å². The van der Waals surface area contributed by atoms with Gasteiger partial charge >= 0.3 is 6.18 Å². The molecule has 3 rings (SSSR count). The molecule has 11 heteroatoms. The maximum absolute atomic E-state index is 14.9. The van der Waals surface area contributed by atoms with Gasteiger partial charge in [0, 0.05) is 13.2 Å². The van der Waals surface area contributed by atoms with Crippen LogP contribution in [-0.4, -0.2) is 67.5 Å². The topological polar surface area (TPSA) is 77.8 Å². The number of hydrogen-bond acceptors (Lipinski definition) is 5. The lowest BCUT2D eigenvalue weighted by Crippen LogP contribution is -2.29. The largest absolute Gasteiger partial charge is 0.505 e. The van der Waals surface area contributed by atoms with Crippen LogP contribution < -0.4 is 0 Å². The number of alkyl halides is 3. The van der Waals surface area contributed by atoms with Gasteiger partial charge < -0.3 is 15.1 Å². The van der Waals surface area contributed by atoms with Crippen LogP contribution in [0.2, 0.25) is 0 Å². The Hall–Kier alpha value is -2.50. The summed E-state index contributed by atoms with van der Waals surface area (Å²) in [5.41, 5.74) is 4.26. The van der Waals surface area contributed by atoms with Crippen LogP contribution in [0.25, 0.3) is 11.1 Å². The molecule has 0 heterocycles. The predicted octanol–water partition coefficient (Wildman–Crippen LogP) is 7.31. The molecule has 0 unspecified atom stereocenters. The summed E-state index contributed by atoms with van der Waals surface area (Å²) in [6.45, 7) is 1.67. The number of benzene rings is 2. The standard InChI is InChI=1S/C32H42F5NO4S/c33-25-13-11-24(12-14-25)26-9-5-10-29-28(15-16-30(40)31(29)34)27(26)8-3-1-2-4-18-38(19-6-21-39)20-7-22-43(41,42)23-17-32(35,36)37/h11-16,39-40H,1-10,17-23H2. The molecule has 5 nitrogen and oxygen atoms in total. The maximum Gasteiger partial charge on any atom is 0.390 e. The SMILES string of the molecule is O=S(=O)(CCCN(CCCO)CCCCCCC1=C(c2ccc(F)cc2)CCCc2c1ccc(O)c2F)CCC(F)(F)F. The van der Waals surface area contributed by atoms with Crippen molar-refractivity contribution in [3.8, 4) is 5.75 Å². The molecule has 0 saturated carbocycles. The fourth-order valence-corrected chi connectivity index (χ4v) is 6.96. The molecule has 0 aromatic heterocycles. The number of phenolic OH excluding ortho intramolecular Hbond substituents is 1. The number of unbranched alkanes of at least 4 members (excludes halogenated alkanes) is 3. The highest BCUT2D eigenvalue weighted by molar-refractivity contribution is 7.91. The summed E-state index contributed by atoms with van der Waals surface area (Å²) < 4.78 is 89.7. The fourth-order valence-electron chi connectivity index (χ4n) is 5.65. The zero-order valence-electron chi connectivity index (χ0n) is 24.4. The summed E-state index contributed by atoms with van der Waals surface area (Å²) in [5, 5.41) is 19.2. The molecule has 240 valence electrons. The zero-order chi connectivity index (χ0) is 31.5. The third kappa shape index (κ3) is 11.5. The van der Waals surface area contributed by atoms with Crippen LogP contribution in [0.5, 0.6) is 5.75 Å². The molecule has 0 spiro atoms. The van der Waals surface area contributed by atoms with Crippen LogP contribution in [0.4, 0.5) is 22.0 Å². The van der Waals surface area contributed by atoms with Crippen molar-refractivity contribution >= 4 is 21.0 Å². The van der Waals surface area contributed by atoms with Gasteiger partial charge in [0.2, 0.25) is 0 Å². The molecular weight excluding hydrogens is 589 g/mol. The minimum absolute atomic E-state index is 0.00821. The highest BCUT2D eigenvalue weighted by atomic mass is 32.2. The van der Waals surface area contributed by atoms with Gasteiger partial charge in [-0.05, 0) is 110 Å². The lowest BCUT2D eigenvalue weighted by atomic mass is 9.89. The van der Waals surface area contributed by atoms with Gasteiger partial charge in [-0.25, -0.2) is 17.2 Å². The molecule has 1 aliphatic rings. The maximum atomic E-state index is 14.9. The van der Waals surface area contributed by atoms with Crippen LogP contribution in [0.15, 0.2) is 36.4 Å². The number of halogens is 5. The smallest absolute Gasteiger partial charge is 0.390 e. The van der Waals surface area contributed by atoms with Crippen LogP contribution in [0, 0.1) is 11.6 Å². The molecule has 0 atom stereocenters. The lowest BCUT2D eigenvalue weighted by Gasteiger charge is -2.22. The first-order chi connectivity index (χ1) is 20.4. The first kappa shape index (κ1) is 35.0. The summed E-state index contributed by atoms with van der Waals surface area (Å²) in [7, 11) is -3.79. The van der Waals surface area contributed by atoms with Crippen molar-refractivity contribution in [3.63, 3.8) is 0 Å². The Morgan fingerprint density at radius 2 is 1.49 bits per heavy atom. The zero-order valence-corrected chi connectivity index (χ0v) is 25.3. The highest BCUT2D eigenvalue weighted by Gasteiger charge is 2.29. The number of nitrogens with zero attached hydrogens (tertiary/aromatic N) is 1. The summed E-state index contributed by atoms with van der Waals surface area (Å²) in [6, 6.07) is 9.47. The second-order valence-corrected chi connectivity index (χ2v) is 13.5. The number of aliphatic hydroxyl groups excluding tert-OH is 1. The molecule has 2 aromatic carbocycles. The van der Waals surface area contributed by atoms with E-state index in [2.05, 4.69) is 0 Å². The Balaban J connectivity index is 1.57. The van der Waals surface area contributed by atoms with Gasteiger partial charge in [-0.2, -0.15) is 13.2 Å². The third-order valence-electron chi connectivity index (χ3n) is 7.87. The predicted molar refractivity (Wildman–Crippen MR) is 159 cm³/mol. The van der Waals surface area contributed by atoms with Crippen LogP contribution in [-0.2, 0) is 16.3 Å². The Kier molecular flexibility index (Phi) is 13.5. The summed E-state index contributed by atoms with van der Waals surface area (Å²) >= 11 is 0. The number of aliphatic hydroxyl groups is 1. The first-order valence-corrected chi connectivity index (χ1v) is 16.8. The van der Waals surface area contributed by atoms with Crippen molar-refractivity contribution in [2.75, 3.05) is 37.7 Å². The van der Waals surface area contributed by atoms with Crippen molar-refractivity contribution in [1.29, 1.82) is 0 Å². The third-order valence-corrected chi connectivity index (χ3v) is 9.61. The number of fused-ring (bicyclic) bond motifs is 1. The molecule has 0 bridgehead atoms. The number of aromatic hydroxyl groups is 1. The molecule has 2 N–H and O–H groups in total. The molecule has 0 fully saturated rings. The second-order valence-electron chi connectivity index (χ2n) is 11.2. The molecule has 43 heavy (non-hydrogen) atoms. The Morgan fingerprint density at radius 1 is 0.814 bits per heavy atom. The summed E-state index contributed by atoms with van der Waals surface area (Å²) in [4.78, 5) is 2.04. The van der Waals surface area contributed by atoms with Gasteiger partial charge in [0.15, 0.2) is 21.4 Å². The van der Waals surface area contributed by atoms with E-state index in [0.717, 1.165) is 48.0 Å². The molecule has 1 aliphatic carbocycles. The lowest BCUT2D eigenvalue weighted by molar-refractivity contribution is -0.129. The van der Waals surface area contributed by atoms with E-state index >= 15 is 0 Å². The van der Waals surface area contributed by atoms with Crippen molar-refractivity contribution in [3.05, 3.63) is 64.7 Å².